The summed E-state index contributed by atoms with van der Waals surface area (Å²) in [5.41, 5.74) is 1.22. The van der Waals surface area contributed by atoms with Gasteiger partial charge in [0.1, 0.15) is 0 Å². The summed E-state index contributed by atoms with van der Waals surface area (Å²) in [4.78, 5) is 14.2. The van der Waals surface area contributed by atoms with Crippen molar-refractivity contribution in [3.8, 4) is 0 Å². The molecule has 3 nitrogen and oxygen atoms in total. The SMILES string of the molecule is CCN(CC)CCNC(=O)CC(C)c1ccccc1. The Morgan fingerprint density at radius 1 is 1.21 bits per heavy atom. The normalized spacial score (nSPS) is 12.4. The molecule has 1 amide bonds. The van der Waals surface area contributed by atoms with Crippen LogP contribution in [0.25, 0.3) is 0 Å². The van der Waals surface area contributed by atoms with Gasteiger partial charge in [0.2, 0.25) is 5.91 Å². The van der Waals surface area contributed by atoms with Crippen molar-refractivity contribution in [3.63, 3.8) is 0 Å². The zero-order valence-corrected chi connectivity index (χ0v) is 12.4. The lowest BCUT2D eigenvalue weighted by Gasteiger charge is -2.18. The number of carbonyl (C=O) groups excluding carboxylic acids is 1. The maximum Gasteiger partial charge on any atom is 0.220 e. The van der Waals surface area contributed by atoms with Gasteiger partial charge >= 0.3 is 0 Å². The first kappa shape index (κ1) is 15.7. The summed E-state index contributed by atoms with van der Waals surface area (Å²) in [6, 6.07) is 10.2. The number of amides is 1. The van der Waals surface area contributed by atoms with E-state index < -0.39 is 0 Å². The number of rotatable bonds is 8. The van der Waals surface area contributed by atoms with Crippen molar-refractivity contribution in [2.45, 2.75) is 33.1 Å². The summed E-state index contributed by atoms with van der Waals surface area (Å²) in [5, 5.41) is 3.00. The fourth-order valence-electron chi connectivity index (χ4n) is 2.14. The Labute approximate surface area is 117 Å². The molecule has 0 saturated heterocycles. The van der Waals surface area contributed by atoms with E-state index in [4.69, 9.17) is 0 Å². The first-order chi connectivity index (χ1) is 9.17. The fraction of sp³-hybridized carbons (Fsp3) is 0.562. The number of carbonyl (C=O) groups is 1. The molecular weight excluding hydrogens is 236 g/mol. The van der Waals surface area contributed by atoms with Gasteiger partial charge in [0.25, 0.3) is 0 Å². The second-order valence-corrected chi connectivity index (χ2v) is 4.89. The summed E-state index contributed by atoms with van der Waals surface area (Å²) >= 11 is 0. The highest BCUT2D eigenvalue weighted by Crippen LogP contribution is 2.17. The van der Waals surface area contributed by atoms with E-state index in [-0.39, 0.29) is 11.8 Å². The number of nitrogens with one attached hydrogen (secondary N) is 1. The topological polar surface area (TPSA) is 32.3 Å². The van der Waals surface area contributed by atoms with Gasteiger partial charge in [-0.25, -0.2) is 0 Å². The van der Waals surface area contributed by atoms with Crippen molar-refractivity contribution in [2.75, 3.05) is 26.2 Å². The van der Waals surface area contributed by atoms with Crippen LogP contribution < -0.4 is 5.32 Å². The molecule has 1 rings (SSSR count). The van der Waals surface area contributed by atoms with E-state index >= 15 is 0 Å². The van der Waals surface area contributed by atoms with Gasteiger partial charge in [-0.1, -0.05) is 51.1 Å². The van der Waals surface area contributed by atoms with Gasteiger partial charge in [0, 0.05) is 19.5 Å². The van der Waals surface area contributed by atoms with Crippen LogP contribution in [0.2, 0.25) is 0 Å². The summed E-state index contributed by atoms with van der Waals surface area (Å²) < 4.78 is 0. The summed E-state index contributed by atoms with van der Waals surface area (Å²) in [6.07, 6.45) is 0.558. The Balaban J connectivity index is 2.28. The molecule has 0 radical (unpaired) electrons. The Morgan fingerprint density at radius 3 is 2.42 bits per heavy atom. The van der Waals surface area contributed by atoms with Gasteiger partial charge in [-0.2, -0.15) is 0 Å². The Morgan fingerprint density at radius 2 is 1.84 bits per heavy atom. The molecular formula is C16H26N2O. The smallest absolute Gasteiger partial charge is 0.220 e. The molecule has 0 spiro atoms. The van der Waals surface area contributed by atoms with Gasteiger partial charge in [0.15, 0.2) is 0 Å². The zero-order valence-electron chi connectivity index (χ0n) is 12.4. The molecule has 1 unspecified atom stereocenters. The van der Waals surface area contributed by atoms with Crippen LogP contribution in [0, 0.1) is 0 Å². The summed E-state index contributed by atoms with van der Waals surface area (Å²) in [7, 11) is 0. The third kappa shape index (κ3) is 5.88. The van der Waals surface area contributed by atoms with Gasteiger partial charge in [-0.3, -0.25) is 4.79 Å². The van der Waals surface area contributed by atoms with Crippen molar-refractivity contribution in [2.24, 2.45) is 0 Å². The Hall–Kier alpha value is -1.35. The molecule has 0 saturated carbocycles. The van der Waals surface area contributed by atoms with Crippen LogP contribution in [0.5, 0.6) is 0 Å². The van der Waals surface area contributed by atoms with E-state index in [1.807, 2.05) is 18.2 Å². The molecule has 3 heteroatoms. The molecule has 1 atom stereocenters. The highest BCUT2D eigenvalue weighted by molar-refractivity contribution is 5.76. The molecule has 1 N–H and O–H groups in total. The third-order valence-electron chi connectivity index (χ3n) is 3.50. The van der Waals surface area contributed by atoms with Gasteiger partial charge in [0.05, 0.1) is 0 Å². The van der Waals surface area contributed by atoms with Gasteiger partial charge in [-0.15, -0.1) is 0 Å². The first-order valence-corrected chi connectivity index (χ1v) is 7.21. The predicted molar refractivity (Wildman–Crippen MR) is 80.3 cm³/mol. The molecule has 0 bridgehead atoms. The van der Waals surface area contributed by atoms with E-state index in [0.717, 1.165) is 26.2 Å². The molecule has 0 aliphatic carbocycles. The number of benzene rings is 1. The average Bonchev–Trinajstić information content (AvgIpc) is 2.44. The minimum atomic E-state index is 0.142. The lowest BCUT2D eigenvalue weighted by atomic mass is 9.98. The van der Waals surface area contributed by atoms with Crippen LogP contribution in [-0.2, 0) is 4.79 Å². The predicted octanol–water partition coefficient (Wildman–Crippen LogP) is 2.64. The fourth-order valence-corrected chi connectivity index (χ4v) is 2.14. The molecule has 0 aliphatic rings. The molecule has 19 heavy (non-hydrogen) atoms. The van der Waals surface area contributed by atoms with Crippen LogP contribution in [-0.4, -0.2) is 37.0 Å². The molecule has 1 aromatic carbocycles. The van der Waals surface area contributed by atoms with Crippen molar-refractivity contribution in [1.29, 1.82) is 0 Å². The van der Waals surface area contributed by atoms with Gasteiger partial charge in [-0.05, 0) is 24.6 Å². The Bertz CT molecular complexity index is 360. The lowest BCUT2D eigenvalue weighted by molar-refractivity contribution is -0.121. The number of hydrogen-bond donors (Lipinski definition) is 1. The molecule has 106 valence electrons. The highest BCUT2D eigenvalue weighted by atomic mass is 16.1. The second kappa shape index (κ2) is 8.70. The van der Waals surface area contributed by atoms with Crippen LogP contribution in [0.1, 0.15) is 38.7 Å². The van der Waals surface area contributed by atoms with E-state index in [2.05, 4.69) is 43.1 Å². The minimum Gasteiger partial charge on any atom is -0.355 e. The number of nitrogens with zero attached hydrogens (tertiary/aromatic N) is 1. The third-order valence-corrected chi connectivity index (χ3v) is 3.50. The molecule has 0 aromatic heterocycles. The van der Waals surface area contributed by atoms with E-state index in [9.17, 15) is 4.79 Å². The van der Waals surface area contributed by atoms with Crippen LogP contribution in [0.4, 0.5) is 0 Å². The largest absolute Gasteiger partial charge is 0.355 e. The zero-order chi connectivity index (χ0) is 14.1. The van der Waals surface area contributed by atoms with Crippen molar-refractivity contribution < 1.29 is 4.79 Å². The van der Waals surface area contributed by atoms with Crippen molar-refractivity contribution in [3.05, 3.63) is 35.9 Å². The molecule has 0 aliphatic heterocycles. The number of likely N-dealkylation sites (N-methyl/N-ethyl adjacent to an activating group) is 1. The lowest BCUT2D eigenvalue weighted by Crippen LogP contribution is -2.35. The second-order valence-electron chi connectivity index (χ2n) is 4.89. The van der Waals surface area contributed by atoms with Crippen LogP contribution in [0.3, 0.4) is 0 Å². The summed E-state index contributed by atoms with van der Waals surface area (Å²) in [6.45, 7) is 10.1. The highest BCUT2D eigenvalue weighted by Gasteiger charge is 2.10. The quantitative estimate of drug-likeness (QED) is 0.781. The van der Waals surface area contributed by atoms with Gasteiger partial charge < -0.3 is 10.2 Å². The van der Waals surface area contributed by atoms with E-state index in [1.165, 1.54) is 5.56 Å². The molecule has 0 heterocycles. The summed E-state index contributed by atoms with van der Waals surface area (Å²) in [5.74, 6) is 0.415. The first-order valence-electron chi connectivity index (χ1n) is 7.21. The standard InChI is InChI=1S/C16H26N2O/c1-4-18(5-2)12-11-17-16(19)13-14(3)15-9-7-6-8-10-15/h6-10,14H,4-5,11-13H2,1-3H3,(H,17,19). The average molecular weight is 262 g/mol. The Kier molecular flexibility index (Phi) is 7.19. The van der Waals surface area contributed by atoms with Crippen molar-refractivity contribution in [1.82, 2.24) is 10.2 Å². The maximum atomic E-state index is 11.9. The van der Waals surface area contributed by atoms with Crippen LogP contribution in [0.15, 0.2) is 30.3 Å². The van der Waals surface area contributed by atoms with E-state index in [1.54, 1.807) is 0 Å². The monoisotopic (exact) mass is 262 g/mol. The minimum absolute atomic E-state index is 0.142. The van der Waals surface area contributed by atoms with E-state index in [0.29, 0.717) is 6.42 Å². The van der Waals surface area contributed by atoms with Crippen molar-refractivity contribution >= 4 is 5.91 Å². The number of hydrogen-bond acceptors (Lipinski definition) is 2. The maximum absolute atomic E-state index is 11.9. The van der Waals surface area contributed by atoms with Crippen LogP contribution >= 0.6 is 0 Å². The molecule has 0 fully saturated rings. The molecule has 1 aromatic rings.